The van der Waals surface area contributed by atoms with Gasteiger partial charge in [-0.3, -0.25) is 4.79 Å². The number of amides is 1. The Bertz CT molecular complexity index is 455. The minimum absolute atomic E-state index is 0.0350. The molecular weight excluding hydrogens is 176 g/mol. The summed E-state index contributed by atoms with van der Waals surface area (Å²) in [5, 5.41) is 11.1. The average Bonchev–Trinajstić information content (AvgIpc) is 2.57. The number of carbonyl (C=O) groups excluding carboxylic acids is 1. The molecule has 0 bridgehead atoms. The minimum atomic E-state index is -0.0350. The third-order valence-corrected chi connectivity index (χ3v) is 2.17. The lowest BCUT2D eigenvalue weighted by molar-refractivity contribution is 0.0966. The zero-order valence-corrected chi connectivity index (χ0v) is 7.45. The van der Waals surface area contributed by atoms with E-state index < -0.39 is 0 Å². The molecule has 3 heteroatoms. The number of allylic oxidation sites excluding steroid dienone is 1. The van der Waals surface area contributed by atoms with E-state index in [1.54, 1.807) is 12.1 Å². The molecule has 0 radical (unpaired) electrons. The van der Waals surface area contributed by atoms with E-state index in [1.807, 2.05) is 18.2 Å². The highest BCUT2D eigenvalue weighted by Gasteiger charge is 2.17. The van der Waals surface area contributed by atoms with Crippen LogP contribution in [0.3, 0.4) is 0 Å². The van der Waals surface area contributed by atoms with E-state index in [0.717, 1.165) is 11.1 Å². The van der Waals surface area contributed by atoms with Crippen molar-refractivity contribution in [2.45, 2.75) is 6.54 Å². The van der Waals surface area contributed by atoms with Gasteiger partial charge in [0.15, 0.2) is 0 Å². The second-order valence-electron chi connectivity index (χ2n) is 3.06. The maximum Gasteiger partial charge on any atom is 0.251 e. The van der Waals surface area contributed by atoms with Crippen molar-refractivity contribution in [1.82, 2.24) is 5.32 Å². The molecule has 0 aromatic heterocycles. The van der Waals surface area contributed by atoms with E-state index in [9.17, 15) is 4.79 Å². The zero-order chi connectivity index (χ0) is 9.97. The number of carbonyl (C=O) groups is 1. The Labute approximate surface area is 81.7 Å². The van der Waals surface area contributed by atoms with Crippen LogP contribution in [0.15, 0.2) is 24.3 Å². The van der Waals surface area contributed by atoms with E-state index in [0.29, 0.717) is 12.1 Å². The van der Waals surface area contributed by atoms with Gasteiger partial charge in [-0.15, -0.1) is 0 Å². The van der Waals surface area contributed by atoms with Crippen molar-refractivity contribution in [3.8, 4) is 6.07 Å². The van der Waals surface area contributed by atoms with Gasteiger partial charge >= 0.3 is 0 Å². The predicted molar refractivity (Wildman–Crippen MR) is 52.3 cm³/mol. The molecule has 0 aliphatic carbocycles. The summed E-state index contributed by atoms with van der Waals surface area (Å²) in [5.74, 6) is -0.0350. The minimum Gasteiger partial charge on any atom is -0.348 e. The number of fused-ring (bicyclic) bond motifs is 1. The molecular formula is C11H8N2O. The third kappa shape index (κ3) is 1.38. The van der Waals surface area contributed by atoms with Crippen LogP contribution in [-0.4, -0.2) is 5.91 Å². The Morgan fingerprint density at radius 3 is 3.14 bits per heavy atom. The van der Waals surface area contributed by atoms with E-state index >= 15 is 0 Å². The average molecular weight is 184 g/mol. The highest BCUT2D eigenvalue weighted by atomic mass is 16.1. The molecule has 1 N–H and O–H groups in total. The lowest BCUT2D eigenvalue weighted by Crippen LogP contribution is -2.12. The molecule has 1 aromatic carbocycles. The van der Waals surface area contributed by atoms with Gasteiger partial charge in [0.25, 0.3) is 5.91 Å². The van der Waals surface area contributed by atoms with Gasteiger partial charge in [-0.05, 0) is 23.3 Å². The van der Waals surface area contributed by atoms with E-state index in [-0.39, 0.29) is 5.91 Å². The quantitative estimate of drug-likeness (QED) is 0.672. The summed E-state index contributed by atoms with van der Waals surface area (Å²) in [7, 11) is 0. The van der Waals surface area contributed by atoms with E-state index in [4.69, 9.17) is 5.26 Å². The number of rotatable bonds is 1. The number of nitriles is 1. The van der Waals surface area contributed by atoms with Gasteiger partial charge < -0.3 is 5.32 Å². The zero-order valence-electron chi connectivity index (χ0n) is 7.45. The fourth-order valence-electron chi connectivity index (χ4n) is 1.47. The summed E-state index contributed by atoms with van der Waals surface area (Å²) in [6, 6.07) is 7.51. The Balaban J connectivity index is 2.41. The molecule has 0 saturated heterocycles. The normalized spacial score (nSPS) is 13.8. The molecule has 2 rings (SSSR count). The van der Waals surface area contributed by atoms with Crippen LogP contribution in [0, 0.1) is 11.3 Å². The molecule has 3 nitrogen and oxygen atoms in total. The molecule has 1 heterocycles. The molecule has 0 fully saturated rings. The molecule has 0 unspecified atom stereocenters. The van der Waals surface area contributed by atoms with Crippen LogP contribution >= 0.6 is 0 Å². The van der Waals surface area contributed by atoms with Gasteiger partial charge in [0.05, 0.1) is 6.07 Å². The van der Waals surface area contributed by atoms with Gasteiger partial charge in [0.1, 0.15) is 0 Å². The van der Waals surface area contributed by atoms with E-state index in [1.165, 1.54) is 6.08 Å². The van der Waals surface area contributed by atoms with Crippen molar-refractivity contribution in [3.63, 3.8) is 0 Å². The first-order valence-corrected chi connectivity index (χ1v) is 4.28. The number of hydrogen-bond acceptors (Lipinski definition) is 2. The smallest absolute Gasteiger partial charge is 0.251 e. The monoisotopic (exact) mass is 184 g/mol. The Kier molecular flexibility index (Phi) is 2.04. The highest BCUT2D eigenvalue weighted by Crippen LogP contribution is 2.17. The number of benzene rings is 1. The lowest BCUT2D eigenvalue weighted by atomic mass is 10.1. The van der Waals surface area contributed by atoms with Crippen LogP contribution in [0.2, 0.25) is 0 Å². The fraction of sp³-hybridized carbons (Fsp3) is 0.0909. The molecule has 0 saturated carbocycles. The Morgan fingerprint density at radius 1 is 1.50 bits per heavy atom. The first-order valence-electron chi connectivity index (χ1n) is 4.28. The molecule has 0 atom stereocenters. The van der Waals surface area contributed by atoms with Crippen LogP contribution < -0.4 is 5.32 Å². The maximum absolute atomic E-state index is 11.3. The third-order valence-electron chi connectivity index (χ3n) is 2.17. The Hall–Kier alpha value is -2.08. The summed E-state index contributed by atoms with van der Waals surface area (Å²) >= 11 is 0. The molecule has 1 aliphatic rings. The summed E-state index contributed by atoms with van der Waals surface area (Å²) in [5.41, 5.74) is 2.61. The summed E-state index contributed by atoms with van der Waals surface area (Å²) in [6.07, 6.45) is 3.08. The SMILES string of the molecule is N#CC=Cc1ccc2c(c1)C(=O)NC2. The van der Waals surface area contributed by atoms with Crippen LogP contribution in [0.5, 0.6) is 0 Å². The summed E-state index contributed by atoms with van der Waals surface area (Å²) in [6.45, 7) is 0.608. The van der Waals surface area contributed by atoms with Crippen LogP contribution in [0.1, 0.15) is 21.5 Å². The molecule has 14 heavy (non-hydrogen) atoms. The number of nitrogens with one attached hydrogen (secondary N) is 1. The Morgan fingerprint density at radius 2 is 2.36 bits per heavy atom. The lowest BCUT2D eigenvalue weighted by Gasteiger charge is -1.96. The van der Waals surface area contributed by atoms with Crippen LogP contribution in [0.25, 0.3) is 6.08 Å². The number of hydrogen-bond donors (Lipinski definition) is 1. The van der Waals surface area contributed by atoms with Crippen molar-refractivity contribution < 1.29 is 4.79 Å². The molecule has 1 aromatic rings. The van der Waals surface area contributed by atoms with Crippen molar-refractivity contribution >= 4 is 12.0 Å². The van der Waals surface area contributed by atoms with Crippen molar-refractivity contribution in [2.24, 2.45) is 0 Å². The fourth-order valence-corrected chi connectivity index (χ4v) is 1.47. The van der Waals surface area contributed by atoms with Gasteiger partial charge in [0.2, 0.25) is 0 Å². The first kappa shape index (κ1) is 8.52. The standard InChI is InChI=1S/C11H8N2O/c12-5-1-2-8-3-4-9-7-13-11(14)10(9)6-8/h1-4,6H,7H2,(H,13,14). The van der Waals surface area contributed by atoms with Gasteiger partial charge in [0, 0.05) is 18.2 Å². The van der Waals surface area contributed by atoms with Gasteiger partial charge in [-0.1, -0.05) is 12.1 Å². The number of nitrogens with zero attached hydrogens (tertiary/aromatic N) is 1. The molecule has 0 spiro atoms. The topological polar surface area (TPSA) is 52.9 Å². The van der Waals surface area contributed by atoms with E-state index in [2.05, 4.69) is 5.32 Å². The molecule has 1 amide bonds. The second-order valence-corrected chi connectivity index (χ2v) is 3.06. The maximum atomic E-state index is 11.3. The van der Waals surface area contributed by atoms with Gasteiger partial charge in [-0.2, -0.15) is 5.26 Å². The first-order chi connectivity index (χ1) is 6.81. The summed E-state index contributed by atoms with van der Waals surface area (Å²) in [4.78, 5) is 11.3. The van der Waals surface area contributed by atoms with Crippen molar-refractivity contribution in [3.05, 3.63) is 41.0 Å². The molecule has 1 aliphatic heterocycles. The van der Waals surface area contributed by atoms with Crippen molar-refractivity contribution in [1.29, 1.82) is 5.26 Å². The molecule has 68 valence electrons. The largest absolute Gasteiger partial charge is 0.348 e. The highest BCUT2D eigenvalue weighted by molar-refractivity contribution is 5.98. The van der Waals surface area contributed by atoms with Gasteiger partial charge in [-0.25, -0.2) is 0 Å². The predicted octanol–water partition coefficient (Wildman–Crippen LogP) is 1.47. The van der Waals surface area contributed by atoms with Crippen LogP contribution in [0.4, 0.5) is 0 Å². The van der Waals surface area contributed by atoms with Crippen molar-refractivity contribution in [2.75, 3.05) is 0 Å². The second kappa shape index (κ2) is 3.35. The summed E-state index contributed by atoms with van der Waals surface area (Å²) < 4.78 is 0. The van der Waals surface area contributed by atoms with Crippen LogP contribution in [-0.2, 0) is 6.54 Å².